The van der Waals surface area contributed by atoms with Crippen molar-refractivity contribution in [1.82, 2.24) is 0 Å². The quantitative estimate of drug-likeness (QED) is 0.801. The van der Waals surface area contributed by atoms with Crippen LogP contribution in [0.2, 0.25) is 5.02 Å². The fraction of sp³-hybridized carbons (Fsp3) is 0.176. The molecule has 0 unspecified atom stereocenters. The van der Waals surface area contributed by atoms with E-state index in [0.717, 1.165) is 5.56 Å². The average Bonchev–Trinajstić information content (AvgIpc) is 2.47. The first kappa shape index (κ1) is 13.8. The Kier molecular flexibility index (Phi) is 3.52. The van der Waals surface area contributed by atoms with Crippen LogP contribution >= 0.6 is 11.6 Å². The molecule has 0 N–H and O–H groups in total. The normalized spacial score (nSPS) is 14.0. The summed E-state index contributed by atoms with van der Waals surface area (Å²) in [6, 6.07) is 12.5. The number of aryl methyl sites for hydroxylation is 1. The molecule has 1 heterocycles. The number of carbonyl (C=O) groups is 2. The molecule has 2 aromatic rings. The summed E-state index contributed by atoms with van der Waals surface area (Å²) in [6.45, 7) is 2.34. The van der Waals surface area contributed by atoms with Gasteiger partial charge in [-0.2, -0.15) is 0 Å². The van der Waals surface area contributed by atoms with Crippen molar-refractivity contribution in [3.63, 3.8) is 0 Å². The molecule has 2 aromatic carbocycles. The van der Waals surface area contributed by atoms with Crippen LogP contribution in [-0.4, -0.2) is 18.2 Å². The Labute approximate surface area is 128 Å². The molecule has 0 spiro atoms. The van der Waals surface area contributed by atoms with E-state index in [1.165, 1.54) is 0 Å². The second-order valence-electron chi connectivity index (χ2n) is 5.16. The smallest absolute Gasteiger partial charge is 0.258 e. The maximum atomic E-state index is 12.7. The van der Waals surface area contributed by atoms with Gasteiger partial charge in [-0.1, -0.05) is 29.3 Å². The molecule has 0 bridgehead atoms. The van der Waals surface area contributed by atoms with Crippen molar-refractivity contribution in [2.24, 2.45) is 0 Å². The first-order valence-electron chi connectivity index (χ1n) is 6.77. The number of anilines is 1. The molecule has 3 nitrogen and oxygen atoms in total. The van der Waals surface area contributed by atoms with Crippen LogP contribution in [0.3, 0.4) is 0 Å². The van der Waals surface area contributed by atoms with Crippen molar-refractivity contribution in [2.75, 3.05) is 11.4 Å². The van der Waals surface area contributed by atoms with E-state index < -0.39 is 0 Å². The first-order valence-corrected chi connectivity index (χ1v) is 7.15. The van der Waals surface area contributed by atoms with E-state index in [9.17, 15) is 9.59 Å². The molecular formula is C17H14ClNO2. The monoisotopic (exact) mass is 299 g/mol. The maximum Gasteiger partial charge on any atom is 0.258 e. The summed E-state index contributed by atoms with van der Waals surface area (Å²) >= 11 is 5.95. The predicted molar refractivity (Wildman–Crippen MR) is 83.3 cm³/mol. The van der Waals surface area contributed by atoms with Crippen LogP contribution in [0.5, 0.6) is 0 Å². The highest BCUT2D eigenvalue weighted by atomic mass is 35.5. The number of rotatable bonds is 1. The molecule has 0 saturated heterocycles. The zero-order valence-corrected chi connectivity index (χ0v) is 12.4. The number of amides is 1. The van der Waals surface area contributed by atoms with Crippen LogP contribution in [0.25, 0.3) is 0 Å². The van der Waals surface area contributed by atoms with Crippen molar-refractivity contribution >= 4 is 29.0 Å². The third-order valence-corrected chi connectivity index (χ3v) is 3.86. The highest BCUT2D eigenvalue weighted by molar-refractivity contribution is 6.31. The molecule has 0 aromatic heterocycles. The highest BCUT2D eigenvalue weighted by Crippen LogP contribution is 2.29. The lowest BCUT2D eigenvalue weighted by atomic mass is 9.97. The van der Waals surface area contributed by atoms with Crippen molar-refractivity contribution in [3.8, 4) is 0 Å². The van der Waals surface area contributed by atoms with Crippen LogP contribution in [0.1, 0.15) is 32.7 Å². The lowest BCUT2D eigenvalue weighted by Gasteiger charge is -2.29. The minimum atomic E-state index is -0.130. The molecule has 1 aliphatic rings. The van der Waals surface area contributed by atoms with Crippen LogP contribution in [-0.2, 0) is 0 Å². The van der Waals surface area contributed by atoms with Gasteiger partial charge in [-0.3, -0.25) is 9.59 Å². The van der Waals surface area contributed by atoms with Gasteiger partial charge < -0.3 is 4.90 Å². The summed E-state index contributed by atoms with van der Waals surface area (Å²) in [5.41, 5.74) is 2.85. The van der Waals surface area contributed by atoms with E-state index in [-0.39, 0.29) is 11.7 Å². The number of carbonyl (C=O) groups excluding carboxylic acids is 2. The Morgan fingerprint density at radius 3 is 2.76 bits per heavy atom. The number of nitrogens with zero attached hydrogens (tertiary/aromatic N) is 1. The number of hydrogen-bond acceptors (Lipinski definition) is 2. The van der Waals surface area contributed by atoms with Gasteiger partial charge in [0.1, 0.15) is 0 Å². The van der Waals surface area contributed by atoms with Gasteiger partial charge >= 0.3 is 0 Å². The Balaban J connectivity index is 2.03. The van der Waals surface area contributed by atoms with Crippen molar-refractivity contribution in [1.29, 1.82) is 0 Å². The second-order valence-corrected chi connectivity index (χ2v) is 5.60. The SMILES string of the molecule is Cc1ccc2c(c1)C(=O)CCN2C(=O)c1cccc(Cl)c1. The van der Waals surface area contributed by atoms with Gasteiger partial charge in [0.05, 0.1) is 5.69 Å². The number of fused-ring (bicyclic) bond motifs is 1. The Morgan fingerprint density at radius 1 is 1.19 bits per heavy atom. The average molecular weight is 300 g/mol. The predicted octanol–water partition coefficient (Wildman–Crippen LogP) is 3.88. The molecule has 1 aliphatic heterocycles. The molecule has 0 fully saturated rings. The zero-order valence-electron chi connectivity index (χ0n) is 11.6. The first-order chi connectivity index (χ1) is 10.1. The minimum absolute atomic E-state index is 0.0869. The number of hydrogen-bond donors (Lipinski definition) is 0. The van der Waals surface area contributed by atoms with Gasteiger partial charge in [-0.25, -0.2) is 0 Å². The van der Waals surface area contributed by atoms with Crippen LogP contribution in [0, 0.1) is 6.92 Å². The zero-order chi connectivity index (χ0) is 15.0. The van der Waals surface area contributed by atoms with E-state index in [1.807, 2.05) is 25.1 Å². The van der Waals surface area contributed by atoms with Crippen LogP contribution in [0.4, 0.5) is 5.69 Å². The Hall–Kier alpha value is -2.13. The highest BCUT2D eigenvalue weighted by Gasteiger charge is 2.27. The molecule has 4 heteroatoms. The molecule has 0 radical (unpaired) electrons. The van der Waals surface area contributed by atoms with Crippen LogP contribution in [0.15, 0.2) is 42.5 Å². The van der Waals surface area contributed by atoms with E-state index in [1.54, 1.807) is 29.2 Å². The Bertz CT molecular complexity index is 739. The number of Topliss-reactive ketones (excluding diaryl/α,β-unsaturated/α-hetero) is 1. The summed E-state index contributed by atoms with van der Waals surface area (Å²) in [5, 5.41) is 0.526. The van der Waals surface area contributed by atoms with Crippen molar-refractivity contribution < 1.29 is 9.59 Å². The standard InChI is InChI=1S/C17H14ClNO2/c1-11-5-6-15-14(9-11)16(20)7-8-19(15)17(21)12-3-2-4-13(18)10-12/h2-6,9-10H,7-8H2,1H3. The largest absolute Gasteiger partial charge is 0.307 e. The summed E-state index contributed by atoms with van der Waals surface area (Å²) in [4.78, 5) is 26.4. The van der Waals surface area contributed by atoms with Gasteiger partial charge in [-0.05, 0) is 37.3 Å². The summed E-state index contributed by atoms with van der Waals surface area (Å²) in [5.74, 6) is -0.0426. The lowest BCUT2D eigenvalue weighted by Crippen LogP contribution is -2.37. The second kappa shape index (κ2) is 5.34. The molecule has 0 aliphatic carbocycles. The van der Waals surface area contributed by atoms with E-state index in [4.69, 9.17) is 11.6 Å². The van der Waals surface area contributed by atoms with E-state index in [2.05, 4.69) is 0 Å². The molecular weight excluding hydrogens is 286 g/mol. The van der Waals surface area contributed by atoms with Gasteiger partial charge in [0.15, 0.2) is 5.78 Å². The van der Waals surface area contributed by atoms with Gasteiger partial charge in [0.25, 0.3) is 5.91 Å². The topological polar surface area (TPSA) is 37.4 Å². The Morgan fingerprint density at radius 2 is 2.00 bits per heavy atom. The molecule has 0 saturated carbocycles. The summed E-state index contributed by atoms with van der Waals surface area (Å²) < 4.78 is 0. The third kappa shape index (κ3) is 2.57. The van der Waals surface area contributed by atoms with E-state index >= 15 is 0 Å². The van der Waals surface area contributed by atoms with Gasteiger partial charge in [-0.15, -0.1) is 0 Å². The lowest BCUT2D eigenvalue weighted by molar-refractivity contribution is 0.0955. The third-order valence-electron chi connectivity index (χ3n) is 3.62. The number of benzene rings is 2. The van der Waals surface area contributed by atoms with Gasteiger partial charge in [0, 0.05) is 29.1 Å². The fourth-order valence-electron chi connectivity index (χ4n) is 2.57. The van der Waals surface area contributed by atoms with Crippen molar-refractivity contribution in [3.05, 3.63) is 64.2 Å². The number of halogens is 1. The maximum absolute atomic E-state index is 12.7. The molecule has 0 atom stereocenters. The molecule has 106 valence electrons. The molecule has 1 amide bonds. The molecule has 21 heavy (non-hydrogen) atoms. The number of ketones is 1. The summed E-state index contributed by atoms with van der Waals surface area (Å²) in [7, 11) is 0. The van der Waals surface area contributed by atoms with Crippen molar-refractivity contribution in [2.45, 2.75) is 13.3 Å². The van der Waals surface area contributed by atoms with E-state index in [0.29, 0.717) is 34.8 Å². The van der Waals surface area contributed by atoms with Crippen LogP contribution < -0.4 is 4.90 Å². The molecule has 3 rings (SSSR count). The minimum Gasteiger partial charge on any atom is -0.307 e. The fourth-order valence-corrected chi connectivity index (χ4v) is 2.76. The van der Waals surface area contributed by atoms with Gasteiger partial charge in [0.2, 0.25) is 0 Å². The summed E-state index contributed by atoms with van der Waals surface area (Å²) in [6.07, 6.45) is 0.350.